The van der Waals surface area contributed by atoms with Crippen LogP contribution in [0.15, 0.2) is 127 Å². The zero-order valence-electron chi connectivity index (χ0n) is 20.6. The number of carbonyl (C=O) groups is 1. The van der Waals surface area contributed by atoms with Crippen molar-refractivity contribution in [3.05, 3.63) is 139 Å². The van der Waals surface area contributed by atoms with Gasteiger partial charge in [0.2, 0.25) is 0 Å². The second-order valence-corrected chi connectivity index (χ2v) is 9.38. The van der Waals surface area contributed by atoms with Crippen LogP contribution in [0.4, 0.5) is 5.69 Å². The molecule has 2 nitrogen and oxygen atoms in total. The lowest BCUT2D eigenvalue weighted by atomic mass is 10.0. The van der Waals surface area contributed by atoms with E-state index in [4.69, 9.17) is 0 Å². The molecule has 5 aromatic rings. The van der Waals surface area contributed by atoms with Gasteiger partial charge in [0, 0.05) is 11.3 Å². The summed E-state index contributed by atoms with van der Waals surface area (Å²) in [5, 5.41) is 5.63. The van der Waals surface area contributed by atoms with Crippen molar-refractivity contribution in [3.8, 4) is 11.1 Å². The van der Waals surface area contributed by atoms with Crippen LogP contribution >= 0.6 is 0 Å². The maximum atomic E-state index is 12.6. The molecule has 6 rings (SSSR count). The van der Waals surface area contributed by atoms with E-state index in [0.29, 0.717) is 11.5 Å². The van der Waals surface area contributed by atoms with Crippen LogP contribution in [0.1, 0.15) is 41.6 Å². The predicted molar refractivity (Wildman–Crippen MR) is 151 cm³/mol. The topological polar surface area (TPSA) is 29.1 Å². The van der Waals surface area contributed by atoms with Gasteiger partial charge in [0.25, 0.3) is 5.91 Å². The van der Waals surface area contributed by atoms with Gasteiger partial charge < -0.3 is 5.32 Å². The van der Waals surface area contributed by atoms with Crippen molar-refractivity contribution in [1.29, 1.82) is 0 Å². The summed E-state index contributed by atoms with van der Waals surface area (Å²) in [6.07, 6.45) is 2.55. The smallest absolute Gasteiger partial charge is 0.255 e. The summed E-state index contributed by atoms with van der Waals surface area (Å²) in [7, 11) is 0. The third-order valence-corrected chi connectivity index (χ3v) is 6.93. The van der Waals surface area contributed by atoms with E-state index < -0.39 is 0 Å². The summed E-state index contributed by atoms with van der Waals surface area (Å²) >= 11 is 0. The normalized spacial score (nSPS) is 16.0. The number of hydrogen-bond donors (Lipinski definition) is 1. The van der Waals surface area contributed by atoms with Crippen molar-refractivity contribution in [2.24, 2.45) is 5.92 Å². The number of benzene rings is 5. The van der Waals surface area contributed by atoms with Crippen molar-refractivity contribution in [1.82, 2.24) is 0 Å². The molecule has 2 atom stereocenters. The zero-order valence-corrected chi connectivity index (χ0v) is 20.6. The number of carbonyl (C=O) groups excluding carboxylic acids is 1. The molecular formula is C34H31NO. The summed E-state index contributed by atoms with van der Waals surface area (Å²) in [5.74, 6) is 1.48. The molecule has 0 aromatic heterocycles. The van der Waals surface area contributed by atoms with Crippen molar-refractivity contribution in [2.75, 3.05) is 5.32 Å². The molecule has 0 aliphatic heterocycles. The predicted octanol–water partition coefficient (Wildman–Crippen LogP) is 8.96. The number of hydrogen-bond acceptors (Lipinski definition) is 1. The fourth-order valence-corrected chi connectivity index (χ4v) is 4.73. The Morgan fingerprint density at radius 2 is 1.28 bits per heavy atom. The third kappa shape index (κ3) is 5.72. The van der Waals surface area contributed by atoms with Crippen LogP contribution in [-0.2, 0) is 0 Å². The lowest BCUT2D eigenvalue weighted by Gasteiger charge is -2.08. The largest absolute Gasteiger partial charge is 0.322 e. The van der Waals surface area contributed by atoms with Gasteiger partial charge in [0.1, 0.15) is 0 Å². The second kappa shape index (κ2) is 11.0. The lowest BCUT2D eigenvalue weighted by molar-refractivity contribution is 0.102. The van der Waals surface area contributed by atoms with Gasteiger partial charge in [-0.2, -0.15) is 0 Å². The minimum absolute atomic E-state index is 0.0756. The molecule has 1 aliphatic carbocycles. The van der Waals surface area contributed by atoms with Crippen molar-refractivity contribution in [2.45, 2.75) is 25.7 Å². The number of nitrogens with one attached hydrogen (secondary N) is 1. The Morgan fingerprint density at radius 1 is 0.694 bits per heavy atom. The molecule has 0 heterocycles. The molecule has 1 saturated carbocycles. The molecule has 1 N–H and O–H groups in total. The van der Waals surface area contributed by atoms with Crippen LogP contribution in [-0.4, -0.2) is 5.91 Å². The fourth-order valence-electron chi connectivity index (χ4n) is 4.73. The van der Waals surface area contributed by atoms with Gasteiger partial charge in [0.05, 0.1) is 0 Å². The Labute approximate surface area is 213 Å². The first-order chi connectivity index (χ1) is 17.7. The molecule has 0 bridgehead atoms. The quantitative estimate of drug-likeness (QED) is 0.273. The molecule has 178 valence electrons. The van der Waals surface area contributed by atoms with E-state index in [0.717, 1.165) is 22.7 Å². The van der Waals surface area contributed by atoms with Crippen molar-refractivity contribution >= 4 is 22.4 Å². The summed E-state index contributed by atoms with van der Waals surface area (Å²) in [6, 6.07) is 42.9. The average molecular weight is 470 g/mol. The van der Waals surface area contributed by atoms with Crippen molar-refractivity contribution in [3.63, 3.8) is 0 Å². The van der Waals surface area contributed by atoms with Gasteiger partial charge in [-0.15, -0.1) is 0 Å². The van der Waals surface area contributed by atoms with E-state index in [2.05, 4.69) is 85.0 Å². The molecule has 0 saturated heterocycles. The van der Waals surface area contributed by atoms with Gasteiger partial charge >= 0.3 is 0 Å². The molecule has 1 fully saturated rings. The maximum absolute atomic E-state index is 12.6. The zero-order chi connectivity index (χ0) is 24.7. The average Bonchev–Trinajstić information content (AvgIpc) is 3.75. The summed E-state index contributed by atoms with van der Waals surface area (Å²) in [6.45, 7) is 2.25. The highest BCUT2D eigenvalue weighted by Gasteiger charge is 2.36. The molecule has 1 aliphatic rings. The Bertz CT molecular complexity index is 1370. The highest BCUT2D eigenvalue weighted by Crippen LogP contribution is 2.49. The van der Waals surface area contributed by atoms with E-state index in [9.17, 15) is 4.79 Å². The number of fused-ring (bicyclic) bond motifs is 1. The van der Waals surface area contributed by atoms with E-state index in [1.165, 1.54) is 29.2 Å². The van der Waals surface area contributed by atoms with Crippen LogP contribution in [0.2, 0.25) is 0 Å². The van der Waals surface area contributed by atoms with Gasteiger partial charge in [-0.05, 0) is 70.0 Å². The molecule has 0 unspecified atom stereocenters. The van der Waals surface area contributed by atoms with E-state index in [1.807, 2.05) is 54.6 Å². The number of anilines is 1. The Morgan fingerprint density at radius 3 is 1.86 bits per heavy atom. The maximum Gasteiger partial charge on any atom is 0.255 e. The van der Waals surface area contributed by atoms with Gasteiger partial charge in [-0.25, -0.2) is 0 Å². The second-order valence-electron chi connectivity index (χ2n) is 9.38. The molecule has 36 heavy (non-hydrogen) atoms. The van der Waals surface area contributed by atoms with Crippen LogP contribution in [0.5, 0.6) is 0 Å². The molecule has 0 radical (unpaired) electrons. The van der Waals surface area contributed by atoms with Crippen LogP contribution in [0.3, 0.4) is 0 Å². The van der Waals surface area contributed by atoms with Crippen molar-refractivity contribution < 1.29 is 4.79 Å². The summed E-state index contributed by atoms with van der Waals surface area (Å²) in [4.78, 5) is 12.6. The van der Waals surface area contributed by atoms with Crippen LogP contribution < -0.4 is 5.32 Å². The molecular weight excluding hydrogens is 438 g/mol. The Kier molecular flexibility index (Phi) is 7.23. The SMILES string of the molecule is CC[C@H]1C[C@H]1c1ccc(NC(=O)c2cccc(-c3ccccc3)c2)cc1.c1ccc2ccccc2c1. The van der Waals surface area contributed by atoms with Gasteiger partial charge in [0.15, 0.2) is 0 Å². The molecule has 2 heteroatoms. The third-order valence-electron chi connectivity index (χ3n) is 6.93. The van der Waals surface area contributed by atoms with Gasteiger partial charge in [-0.3, -0.25) is 4.79 Å². The first-order valence-electron chi connectivity index (χ1n) is 12.7. The lowest BCUT2D eigenvalue weighted by Crippen LogP contribution is -2.11. The highest BCUT2D eigenvalue weighted by atomic mass is 16.1. The highest BCUT2D eigenvalue weighted by molar-refractivity contribution is 6.05. The minimum Gasteiger partial charge on any atom is -0.322 e. The van der Waals surface area contributed by atoms with E-state index in [1.54, 1.807) is 0 Å². The van der Waals surface area contributed by atoms with E-state index in [-0.39, 0.29) is 5.91 Å². The first kappa shape index (κ1) is 23.6. The summed E-state index contributed by atoms with van der Waals surface area (Å²) < 4.78 is 0. The van der Waals surface area contributed by atoms with Gasteiger partial charge in [-0.1, -0.05) is 116 Å². The van der Waals surface area contributed by atoms with E-state index >= 15 is 0 Å². The van der Waals surface area contributed by atoms with Crippen LogP contribution in [0.25, 0.3) is 21.9 Å². The Balaban J connectivity index is 0.000000222. The minimum atomic E-state index is -0.0756. The van der Waals surface area contributed by atoms with Crippen LogP contribution in [0, 0.1) is 5.92 Å². The number of rotatable bonds is 5. The monoisotopic (exact) mass is 469 g/mol. The fraction of sp³-hybridized carbons (Fsp3) is 0.147. The first-order valence-corrected chi connectivity index (χ1v) is 12.7. The number of amides is 1. The Hall–Kier alpha value is -4.17. The molecule has 0 spiro atoms. The molecule has 1 amide bonds. The standard InChI is InChI=1S/C24H23NO.C10H8/c1-2-17-16-23(17)19-11-13-22(14-12-19)25-24(26)21-10-6-9-20(15-21)18-7-4-3-5-8-18;1-2-6-10-8-4-3-7-9(10)5-1/h3-15,17,23H,2,16H2,1H3,(H,25,26);1-8H/t17-,23+;/m0./s1. The molecule has 5 aromatic carbocycles. The summed E-state index contributed by atoms with van der Waals surface area (Å²) in [5.41, 5.74) is 5.07.